The fraction of sp³-hybridized carbons (Fsp3) is 0.143. The average Bonchev–Trinajstić information content (AvgIpc) is 2.78. The molecule has 0 unspecified atom stereocenters. The molecule has 0 fully saturated rings. The second kappa shape index (κ2) is 4.95. The molecule has 0 radical (unpaired) electrons. The average molecular weight is 396 g/mol. The van der Waals surface area contributed by atoms with Crippen molar-refractivity contribution >= 4 is 22.6 Å². The molecule has 0 saturated heterocycles. The van der Waals surface area contributed by atoms with Gasteiger partial charge in [0.1, 0.15) is 0 Å². The van der Waals surface area contributed by atoms with Crippen LogP contribution in [0, 0.1) is 3.57 Å². The Kier molecular flexibility index (Phi) is 3.15. The summed E-state index contributed by atoms with van der Waals surface area (Å²) in [5, 5.41) is 0. The van der Waals surface area contributed by atoms with Crippen LogP contribution in [0.2, 0.25) is 0 Å². The number of benzene rings is 3. The van der Waals surface area contributed by atoms with E-state index in [1.165, 1.54) is 37.0 Å². The smallest absolute Gasteiger partial charge is 0.0177 e. The molecule has 0 nitrogen and oxygen atoms in total. The standard InChI is InChI=1S/C21H17I/c1-21(2)19-15(14-8-4-3-5-9-14)10-6-11-16(19)17-12-7-13-18(22)20(17)21/h3-13H,1-2H3. The second-order valence-corrected chi connectivity index (χ2v) is 7.54. The lowest BCUT2D eigenvalue weighted by Crippen LogP contribution is -2.17. The zero-order chi connectivity index (χ0) is 15.3. The van der Waals surface area contributed by atoms with E-state index in [0.717, 1.165) is 0 Å². The number of rotatable bonds is 1. The van der Waals surface area contributed by atoms with E-state index in [4.69, 9.17) is 0 Å². The Labute approximate surface area is 145 Å². The van der Waals surface area contributed by atoms with Crippen molar-refractivity contribution < 1.29 is 0 Å². The first-order valence-corrected chi connectivity index (χ1v) is 8.67. The molecule has 4 rings (SSSR count). The van der Waals surface area contributed by atoms with Gasteiger partial charge in [-0.05, 0) is 62.0 Å². The molecule has 22 heavy (non-hydrogen) atoms. The highest BCUT2D eigenvalue weighted by atomic mass is 127. The molecule has 0 aliphatic heterocycles. The third-order valence-corrected chi connectivity index (χ3v) is 5.60. The third kappa shape index (κ3) is 1.88. The van der Waals surface area contributed by atoms with Gasteiger partial charge in [0, 0.05) is 8.99 Å². The maximum absolute atomic E-state index is 2.48. The summed E-state index contributed by atoms with van der Waals surface area (Å²) in [5.74, 6) is 0. The van der Waals surface area contributed by atoms with E-state index in [2.05, 4.69) is 103 Å². The predicted molar refractivity (Wildman–Crippen MR) is 102 cm³/mol. The van der Waals surface area contributed by atoms with Gasteiger partial charge in [-0.1, -0.05) is 74.5 Å². The van der Waals surface area contributed by atoms with Crippen LogP contribution in [0.25, 0.3) is 22.3 Å². The van der Waals surface area contributed by atoms with Crippen LogP contribution >= 0.6 is 22.6 Å². The molecule has 0 heterocycles. The van der Waals surface area contributed by atoms with Crippen LogP contribution in [0.1, 0.15) is 25.0 Å². The van der Waals surface area contributed by atoms with Crippen molar-refractivity contribution in [1.82, 2.24) is 0 Å². The van der Waals surface area contributed by atoms with Gasteiger partial charge in [-0.3, -0.25) is 0 Å². The monoisotopic (exact) mass is 396 g/mol. The van der Waals surface area contributed by atoms with Crippen molar-refractivity contribution in [1.29, 1.82) is 0 Å². The molecule has 1 aliphatic carbocycles. The van der Waals surface area contributed by atoms with Gasteiger partial charge < -0.3 is 0 Å². The van der Waals surface area contributed by atoms with Gasteiger partial charge in [-0.25, -0.2) is 0 Å². The summed E-state index contributed by atoms with van der Waals surface area (Å²) in [4.78, 5) is 0. The van der Waals surface area contributed by atoms with Gasteiger partial charge in [-0.15, -0.1) is 0 Å². The Morgan fingerprint density at radius 3 is 1.95 bits per heavy atom. The maximum Gasteiger partial charge on any atom is 0.0177 e. The Bertz CT molecular complexity index is 860. The van der Waals surface area contributed by atoms with Crippen LogP contribution < -0.4 is 0 Å². The number of halogens is 1. The topological polar surface area (TPSA) is 0 Å². The summed E-state index contributed by atoms with van der Waals surface area (Å²) in [5.41, 5.74) is 8.40. The Morgan fingerprint density at radius 1 is 0.636 bits per heavy atom. The highest BCUT2D eigenvalue weighted by molar-refractivity contribution is 14.1. The fourth-order valence-corrected chi connectivity index (χ4v) is 4.99. The Morgan fingerprint density at radius 2 is 1.23 bits per heavy atom. The van der Waals surface area contributed by atoms with Crippen LogP contribution in [0.4, 0.5) is 0 Å². The first-order chi connectivity index (χ1) is 10.6. The zero-order valence-corrected chi connectivity index (χ0v) is 14.9. The van der Waals surface area contributed by atoms with Gasteiger partial charge in [0.05, 0.1) is 0 Å². The van der Waals surface area contributed by atoms with E-state index in [1.54, 1.807) is 0 Å². The minimum Gasteiger partial charge on any atom is -0.0622 e. The summed E-state index contributed by atoms with van der Waals surface area (Å²) >= 11 is 2.48. The Balaban J connectivity index is 2.07. The lowest BCUT2D eigenvalue weighted by atomic mass is 9.79. The molecule has 0 amide bonds. The summed E-state index contributed by atoms with van der Waals surface area (Å²) in [7, 11) is 0. The van der Waals surface area contributed by atoms with Crippen molar-refractivity contribution in [2.45, 2.75) is 19.3 Å². The predicted octanol–water partition coefficient (Wildman–Crippen LogP) is 6.26. The largest absolute Gasteiger partial charge is 0.0622 e. The molecular formula is C21H17I. The molecule has 1 heteroatoms. The van der Waals surface area contributed by atoms with Crippen molar-refractivity contribution in [2.75, 3.05) is 0 Å². The highest BCUT2D eigenvalue weighted by Gasteiger charge is 2.38. The van der Waals surface area contributed by atoms with E-state index in [-0.39, 0.29) is 5.41 Å². The van der Waals surface area contributed by atoms with E-state index in [9.17, 15) is 0 Å². The van der Waals surface area contributed by atoms with Crippen LogP contribution in [0.5, 0.6) is 0 Å². The minimum absolute atomic E-state index is 0.0366. The lowest BCUT2D eigenvalue weighted by molar-refractivity contribution is 0.658. The van der Waals surface area contributed by atoms with Crippen LogP contribution in [0.15, 0.2) is 66.7 Å². The molecule has 0 atom stereocenters. The van der Waals surface area contributed by atoms with E-state index in [0.29, 0.717) is 0 Å². The number of hydrogen-bond donors (Lipinski definition) is 0. The van der Waals surface area contributed by atoms with Crippen molar-refractivity contribution in [2.24, 2.45) is 0 Å². The SMILES string of the molecule is CC1(C)c2c(I)cccc2-c2cccc(-c3ccccc3)c21. The van der Waals surface area contributed by atoms with E-state index >= 15 is 0 Å². The maximum atomic E-state index is 2.48. The molecule has 0 N–H and O–H groups in total. The van der Waals surface area contributed by atoms with Gasteiger partial charge in [0.2, 0.25) is 0 Å². The van der Waals surface area contributed by atoms with Crippen molar-refractivity contribution in [3.8, 4) is 22.3 Å². The van der Waals surface area contributed by atoms with E-state index in [1.807, 2.05) is 0 Å². The van der Waals surface area contributed by atoms with Crippen molar-refractivity contribution in [3.63, 3.8) is 0 Å². The molecule has 3 aromatic rings. The molecule has 3 aromatic carbocycles. The molecule has 1 aliphatic rings. The Hall–Kier alpha value is -1.61. The van der Waals surface area contributed by atoms with Crippen LogP contribution in [-0.4, -0.2) is 0 Å². The lowest BCUT2D eigenvalue weighted by Gasteiger charge is -2.25. The normalized spacial score (nSPS) is 14.5. The molecule has 108 valence electrons. The summed E-state index contributed by atoms with van der Waals surface area (Å²) < 4.78 is 1.36. The fourth-order valence-electron chi connectivity index (χ4n) is 3.82. The zero-order valence-electron chi connectivity index (χ0n) is 12.7. The molecule has 0 spiro atoms. The quantitative estimate of drug-likeness (QED) is 0.426. The molecule has 0 bridgehead atoms. The van der Waals surface area contributed by atoms with Gasteiger partial charge in [-0.2, -0.15) is 0 Å². The third-order valence-electron chi connectivity index (χ3n) is 4.70. The number of fused-ring (bicyclic) bond motifs is 3. The molecule has 0 saturated carbocycles. The summed E-state index contributed by atoms with van der Waals surface area (Å²) in [6.45, 7) is 4.71. The van der Waals surface area contributed by atoms with Gasteiger partial charge in [0.15, 0.2) is 0 Å². The highest BCUT2D eigenvalue weighted by Crippen LogP contribution is 2.53. The van der Waals surface area contributed by atoms with Gasteiger partial charge >= 0.3 is 0 Å². The first-order valence-electron chi connectivity index (χ1n) is 7.59. The first kappa shape index (κ1) is 14.0. The van der Waals surface area contributed by atoms with E-state index < -0.39 is 0 Å². The number of hydrogen-bond acceptors (Lipinski definition) is 0. The van der Waals surface area contributed by atoms with Crippen molar-refractivity contribution in [3.05, 3.63) is 81.4 Å². The summed E-state index contributed by atoms with van der Waals surface area (Å²) in [6.07, 6.45) is 0. The summed E-state index contributed by atoms with van der Waals surface area (Å²) in [6, 6.07) is 24.1. The molecule has 0 aromatic heterocycles. The molecular weight excluding hydrogens is 379 g/mol. The van der Waals surface area contributed by atoms with Gasteiger partial charge in [0.25, 0.3) is 0 Å². The second-order valence-electron chi connectivity index (χ2n) is 6.38. The van der Waals surface area contributed by atoms with Crippen LogP contribution in [-0.2, 0) is 5.41 Å². The van der Waals surface area contributed by atoms with Crippen LogP contribution in [0.3, 0.4) is 0 Å². The minimum atomic E-state index is 0.0366.